The first-order valence-electron chi connectivity index (χ1n) is 8.52. The summed E-state index contributed by atoms with van der Waals surface area (Å²) in [7, 11) is 0. The van der Waals surface area contributed by atoms with Crippen molar-refractivity contribution in [2.24, 2.45) is 0 Å². The van der Waals surface area contributed by atoms with Crippen molar-refractivity contribution in [3.63, 3.8) is 0 Å². The van der Waals surface area contributed by atoms with Crippen molar-refractivity contribution in [2.75, 3.05) is 11.4 Å². The minimum Gasteiger partial charge on any atom is -0.337 e. The lowest BCUT2D eigenvalue weighted by Crippen LogP contribution is -2.22. The van der Waals surface area contributed by atoms with Gasteiger partial charge in [0.25, 0.3) is 0 Å². The smallest absolute Gasteiger partial charge is 0.0551 e. The third-order valence-electron chi connectivity index (χ3n) is 4.00. The summed E-state index contributed by atoms with van der Waals surface area (Å²) in [6.45, 7) is 7.34. The van der Waals surface area contributed by atoms with E-state index in [4.69, 9.17) is 0 Å². The lowest BCUT2D eigenvalue weighted by atomic mass is 10.2. The van der Waals surface area contributed by atoms with E-state index in [0.717, 1.165) is 12.2 Å². The number of nitrogens with zero attached hydrogens (tertiary/aromatic N) is 1. The summed E-state index contributed by atoms with van der Waals surface area (Å²) >= 11 is 1.88. The van der Waals surface area contributed by atoms with Crippen LogP contribution in [0.4, 0.5) is 5.69 Å². The number of fused-ring (bicyclic) bond motifs is 1. The summed E-state index contributed by atoms with van der Waals surface area (Å²) < 4.78 is 0. The number of hydrogen-bond donors (Lipinski definition) is 0. The predicted octanol–water partition coefficient (Wildman–Crippen LogP) is 6.33. The Kier molecular flexibility index (Phi) is 5.97. The van der Waals surface area contributed by atoms with Gasteiger partial charge in [-0.25, -0.2) is 0 Å². The van der Waals surface area contributed by atoms with E-state index in [1.54, 1.807) is 0 Å². The molecule has 0 aliphatic carbocycles. The van der Waals surface area contributed by atoms with Crippen molar-refractivity contribution in [3.8, 4) is 0 Å². The fourth-order valence-electron chi connectivity index (χ4n) is 2.70. The van der Waals surface area contributed by atoms with Crippen molar-refractivity contribution in [1.29, 1.82) is 0 Å². The first-order valence-corrected chi connectivity index (χ1v) is 9.40. The van der Waals surface area contributed by atoms with Gasteiger partial charge in [0, 0.05) is 22.4 Å². The molecule has 0 bridgehead atoms. The van der Waals surface area contributed by atoms with Crippen LogP contribution in [0.1, 0.15) is 12.5 Å². The van der Waals surface area contributed by atoms with Gasteiger partial charge < -0.3 is 4.90 Å². The van der Waals surface area contributed by atoms with Crippen LogP contribution in [0.25, 0.3) is 6.08 Å². The second-order valence-corrected chi connectivity index (χ2v) is 7.37. The third-order valence-corrected chi connectivity index (χ3v) is 5.13. The number of rotatable bonds is 3. The summed E-state index contributed by atoms with van der Waals surface area (Å²) in [5.41, 5.74) is 3.38. The molecule has 2 heteroatoms. The van der Waals surface area contributed by atoms with Gasteiger partial charge in [0.1, 0.15) is 0 Å². The molecule has 0 amide bonds. The highest BCUT2D eigenvalue weighted by atomic mass is 32.2. The molecule has 1 heterocycles. The maximum absolute atomic E-state index is 4.32. The van der Waals surface area contributed by atoms with Crippen LogP contribution < -0.4 is 4.90 Å². The zero-order chi connectivity index (χ0) is 17.5. The van der Waals surface area contributed by atoms with Crippen molar-refractivity contribution >= 4 is 23.5 Å². The van der Waals surface area contributed by atoms with Crippen molar-refractivity contribution in [2.45, 2.75) is 17.1 Å². The number of allylic oxidation sites excluding steroid dienone is 3. The SMILES string of the molecule is C=C(C=Cc1ccccc1)N1CC=CC=CC(C)Sc2ccccc21. The van der Waals surface area contributed by atoms with Crippen LogP contribution in [0.3, 0.4) is 0 Å². The first-order chi connectivity index (χ1) is 12.2. The van der Waals surface area contributed by atoms with Crippen LogP contribution >= 0.6 is 11.8 Å². The Morgan fingerprint density at radius 3 is 2.68 bits per heavy atom. The molecule has 0 saturated heterocycles. The highest BCUT2D eigenvalue weighted by molar-refractivity contribution is 8.00. The number of benzene rings is 2. The van der Waals surface area contributed by atoms with E-state index in [2.05, 4.69) is 103 Å². The molecule has 0 N–H and O–H groups in total. The van der Waals surface area contributed by atoms with E-state index in [-0.39, 0.29) is 0 Å². The van der Waals surface area contributed by atoms with Gasteiger partial charge in [-0.05, 0) is 30.7 Å². The Labute approximate surface area is 155 Å². The van der Waals surface area contributed by atoms with E-state index in [1.165, 1.54) is 16.1 Å². The Bertz CT molecular complexity index is 802. The Morgan fingerprint density at radius 2 is 1.84 bits per heavy atom. The fraction of sp³-hybridized carbons (Fsp3) is 0.130. The van der Waals surface area contributed by atoms with E-state index in [9.17, 15) is 0 Å². The summed E-state index contributed by atoms with van der Waals surface area (Å²) in [5.74, 6) is 0. The van der Waals surface area contributed by atoms with Gasteiger partial charge in [-0.2, -0.15) is 0 Å². The van der Waals surface area contributed by atoms with Crippen LogP contribution in [0.5, 0.6) is 0 Å². The molecule has 25 heavy (non-hydrogen) atoms. The van der Waals surface area contributed by atoms with Crippen molar-refractivity contribution in [3.05, 3.63) is 103 Å². The monoisotopic (exact) mass is 345 g/mol. The molecule has 1 nitrogen and oxygen atoms in total. The number of hydrogen-bond acceptors (Lipinski definition) is 2. The zero-order valence-corrected chi connectivity index (χ0v) is 15.3. The van der Waals surface area contributed by atoms with Gasteiger partial charge >= 0.3 is 0 Å². The Hall–Kier alpha value is -2.45. The molecule has 0 radical (unpaired) electrons. The molecule has 1 unspecified atom stereocenters. The average molecular weight is 346 g/mol. The third kappa shape index (κ3) is 4.77. The summed E-state index contributed by atoms with van der Waals surface area (Å²) in [4.78, 5) is 3.55. The minimum atomic E-state index is 0.430. The molecule has 2 aromatic rings. The number of thioether (sulfide) groups is 1. The second-order valence-electron chi connectivity index (χ2n) is 5.95. The van der Waals surface area contributed by atoms with Crippen LogP contribution in [-0.2, 0) is 0 Å². The van der Waals surface area contributed by atoms with E-state index in [1.807, 2.05) is 17.8 Å². The quantitative estimate of drug-likeness (QED) is 0.598. The molecule has 0 aromatic heterocycles. The molecular weight excluding hydrogens is 322 g/mol. The van der Waals surface area contributed by atoms with Gasteiger partial charge in [-0.3, -0.25) is 0 Å². The van der Waals surface area contributed by atoms with E-state index < -0.39 is 0 Å². The van der Waals surface area contributed by atoms with Crippen molar-refractivity contribution in [1.82, 2.24) is 0 Å². The Morgan fingerprint density at radius 1 is 1.08 bits per heavy atom. The molecule has 0 fully saturated rings. The number of anilines is 1. The first kappa shape index (κ1) is 17.4. The molecule has 3 rings (SSSR count). The largest absolute Gasteiger partial charge is 0.337 e. The van der Waals surface area contributed by atoms with Gasteiger partial charge in [0.15, 0.2) is 0 Å². The van der Waals surface area contributed by atoms with Gasteiger partial charge in [0.05, 0.1) is 5.69 Å². The molecule has 0 saturated carbocycles. The number of para-hydroxylation sites is 1. The second kappa shape index (κ2) is 8.59. The van der Waals surface area contributed by atoms with Gasteiger partial charge in [-0.1, -0.05) is 79.4 Å². The molecule has 1 aliphatic heterocycles. The molecule has 0 spiro atoms. The van der Waals surface area contributed by atoms with E-state index in [0.29, 0.717) is 5.25 Å². The minimum absolute atomic E-state index is 0.430. The Balaban J connectivity index is 1.91. The average Bonchev–Trinajstić information content (AvgIpc) is 2.64. The maximum atomic E-state index is 4.32. The molecule has 1 aliphatic rings. The standard InChI is InChI=1S/C23H23NS/c1-19(16-17-21-12-6-3-7-13-21)24-18-10-4-5-11-20(2)25-23-15-9-8-14-22(23)24/h3-17,20H,1,18H2,2H3. The fourth-order valence-corrected chi connectivity index (χ4v) is 3.73. The van der Waals surface area contributed by atoms with Crippen LogP contribution in [0.2, 0.25) is 0 Å². The summed E-state index contributed by atoms with van der Waals surface area (Å²) in [5, 5.41) is 0.430. The normalized spacial score (nSPS) is 17.5. The topological polar surface area (TPSA) is 3.24 Å². The molecule has 1 atom stereocenters. The lowest BCUT2D eigenvalue weighted by Gasteiger charge is -2.27. The molecule has 2 aromatic carbocycles. The van der Waals surface area contributed by atoms with Crippen LogP contribution in [-0.4, -0.2) is 11.8 Å². The summed E-state index contributed by atoms with van der Waals surface area (Å²) in [6, 6.07) is 18.9. The van der Waals surface area contributed by atoms with Gasteiger partial charge in [-0.15, -0.1) is 11.8 Å². The lowest BCUT2D eigenvalue weighted by molar-refractivity contribution is 1.02. The van der Waals surface area contributed by atoms with Crippen molar-refractivity contribution < 1.29 is 0 Å². The highest BCUT2D eigenvalue weighted by Gasteiger charge is 2.14. The zero-order valence-electron chi connectivity index (χ0n) is 14.5. The van der Waals surface area contributed by atoms with E-state index >= 15 is 0 Å². The molecule has 126 valence electrons. The predicted molar refractivity (Wildman–Crippen MR) is 112 cm³/mol. The van der Waals surface area contributed by atoms with Gasteiger partial charge in [0.2, 0.25) is 0 Å². The van der Waals surface area contributed by atoms with Crippen LogP contribution in [0.15, 0.2) is 102 Å². The van der Waals surface area contributed by atoms with Crippen LogP contribution in [0, 0.1) is 0 Å². The summed E-state index contributed by atoms with van der Waals surface area (Å²) in [6.07, 6.45) is 12.9. The molecular formula is C23H23NS. The maximum Gasteiger partial charge on any atom is 0.0551 e. The highest BCUT2D eigenvalue weighted by Crippen LogP contribution is 2.35.